The van der Waals surface area contributed by atoms with Gasteiger partial charge in [-0.2, -0.15) is 13.2 Å². The third-order valence-corrected chi connectivity index (χ3v) is 4.69. The number of carbonyl (C=O) groups excluding carboxylic acids is 1. The number of ketones is 1. The minimum absolute atomic E-state index is 0.0699. The van der Waals surface area contributed by atoms with Gasteiger partial charge in [0, 0.05) is 42.3 Å². The van der Waals surface area contributed by atoms with E-state index in [1.165, 1.54) is 30.5 Å². The molecule has 5 nitrogen and oxygen atoms in total. The molecular formula is C24H17F3N2O3. The van der Waals surface area contributed by atoms with Crippen molar-refractivity contribution in [3.8, 4) is 22.9 Å². The molecule has 32 heavy (non-hydrogen) atoms. The number of aryl methyl sites for hydroxylation is 1. The Hall–Kier alpha value is -3.94. The van der Waals surface area contributed by atoms with E-state index in [-0.39, 0.29) is 29.9 Å². The molecule has 2 aromatic carbocycles. The molecule has 0 aliphatic carbocycles. The standard InChI is InChI=1S/C24H17F3N2O3/c25-24(26,27)20-9-5-4-8-19(20)21-14-18(32-29-21)11-12-22(30)16-10-13-23(28-15-16)31-17-6-2-1-3-7-17/h1-10,13-15H,11-12H2. The average Bonchev–Trinajstić information content (AvgIpc) is 3.27. The van der Waals surface area contributed by atoms with E-state index in [0.717, 1.165) is 6.07 Å². The molecule has 2 heterocycles. The molecule has 0 bridgehead atoms. The van der Waals surface area contributed by atoms with E-state index in [1.807, 2.05) is 18.2 Å². The summed E-state index contributed by atoms with van der Waals surface area (Å²) in [5.41, 5.74) is -0.392. The second-order valence-electron chi connectivity index (χ2n) is 6.95. The van der Waals surface area contributed by atoms with Crippen LogP contribution in [0, 0.1) is 0 Å². The summed E-state index contributed by atoms with van der Waals surface area (Å²) < 4.78 is 50.4. The predicted octanol–water partition coefficient (Wildman–Crippen LogP) is 6.36. The van der Waals surface area contributed by atoms with Crippen LogP contribution in [0.4, 0.5) is 13.2 Å². The Morgan fingerprint density at radius 1 is 0.969 bits per heavy atom. The molecule has 0 N–H and O–H groups in total. The van der Waals surface area contributed by atoms with E-state index in [0.29, 0.717) is 23.0 Å². The molecule has 8 heteroatoms. The Labute approximate surface area is 181 Å². The summed E-state index contributed by atoms with van der Waals surface area (Å²) in [6.45, 7) is 0. The fourth-order valence-electron chi connectivity index (χ4n) is 3.11. The molecule has 0 amide bonds. The molecule has 162 valence electrons. The van der Waals surface area contributed by atoms with Gasteiger partial charge in [0.1, 0.15) is 17.2 Å². The van der Waals surface area contributed by atoms with Crippen LogP contribution in [0.15, 0.2) is 83.5 Å². The van der Waals surface area contributed by atoms with Gasteiger partial charge in [-0.3, -0.25) is 4.79 Å². The smallest absolute Gasteiger partial charge is 0.417 e. The zero-order valence-corrected chi connectivity index (χ0v) is 16.7. The second kappa shape index (κ2) is 9.05. The number of hydrogen-bond donors (Lipinski definition) is 0. The monoisotopic (exact) mass is 438 g/mol. The van der Waals surface area contributed by atoms with Crippen LogP contribution in [-0.2, 0) is 12.6 Å². The zero-order chi connectivity index (χ0) is 22.6. The molecule has 0 unspecified atom stereocenters. The van der Waals surface area contributed by atoms with Crippen molar-refractivity contribution < 1.29 is 27.2 Å². The number of rotatable bonds is 7. The lowest BCUT2D eigenvalue weighted by Crippen LogP contribution is -2.06. The fourth-order valence-corrected chi connectivity index (χ4v) is 3.11. The molecule has 0 radical (unpaired) electrons. The average molecular weight is 438 g/mol. The summed E-state index contributed by atoms with van der Waals surface area (Å²) in [7, 11) is 0. The number of para-hydroxylation sites is 1. The van der Waals surface area contributed by atoms with Crippen LogP contribution in [0.3, 0.4) is 0 Å². The first-order valence-electron chi connectivity index (χ1n) is 9.74. The van der Waals surface area contributed by atoms with Crippen molar-refractivity contribution in [1.82, 2.24) is 10.1 Å². The minimum atomic E-state index is -4.50. The van der Waals surface area contributed by atoms with Gasteiger partial charge in [-0.05, 0) is 24.3 Å². The van der Waals surface area contributed by atoms with Gasteiger partial charge in [0.05, 0.1) is 5.56 Å². The maximum absolute atomic E-state index is 13.2. The van der Waals surface area contributed by atoms with Gasteiger partial charge in [-0.25, -0.2) is 4.98 Å². The van der Waals surface area contributed by atoms with E-state index in [2.05, 4.69) is 10.1 Å². The quantitative estimate of drug-likeness (QED) is 0.314. The van der Waals surface area contributed by atoms with Crippen molar-refractivity contribution in [3.63, 3.8) is 0 Å². The maximum Gasteiger partial charge on any atom is 0.417 e. The third kappa shape index (κ3) is 5.03. The van der Waals surface area contributed by atoms with Crippen LogP contribution in [0.1, 0.15) is 28.1 Å². The molecule has 4 aromatic rings. The van der Waals surface area contributed by atoms with Crippen LogP contribution >= 0.6 is 0 Å². The minimum Gasteiger partial charge on any atom is -0.439 e. The van der Waals surface area contributed by atoms with Crippen LogP contribution in [0.25, 0.3) is 11.3 Å². The highest BCUT2D eigenvalue weighted by molar-refractivity contribution is 5.95. The number of alkyl halides is 3. The van der Waals surface area contributed by atoms with E-state index >= 15 is 0 Å². The molecule has 4 rings (SSSR count). The molecule has 0 spiro atoms. The van der Waals surface area contributed by atoms with Crippen molar-refractivity contribution in [3.05, 3.63) is 95.9 Å². The Morgan fingerprint density at radius 2 is 1.72 bits per heavy atom. The molecule has 0 aliphatic rings. The molecular weight excluding hydrogens is 421 g/mol. The molecule has 0 fully saturated rings. The Bertz CT molecular complexity index is 1200. The molecule has 0 saturated heterocycles. The van der Waals surface area contributed by atoms with Gasteiger partial charge in [-0.1, -0.05) is 41.6 Å². The number of halogens is 3. The van der Waals surface area contributed by atoms with Gasteiger partial charge >= 0.3 is 6.18 Å². The summed E-state index contributed by atoms with van der Waals surface area (Å²) in [6.07, 6.45) is -2.79. The molecule has 0 saturated carbocycles. The van der Waals surface area contributed by atoms with Crippen molar-refractivity contribution in [2.45, 2.75) is 19.0 Å². The lowest BCUT2D eigenvalue weighted by molar-refractivity contribution is -0.137. The number of hydrogen-bond acceptors (Lipinski definition) is 5. The molecule has 0 aliphatic heterocycles. The van der Waals surface area contributed by atoms with Gasteiger partial charge in [0.25, 0.3) is 0 Å². The number of aromatic nitrogens is 2. The summed E-state index contributed by atoms with van der Waals surface area (Å²) in [6, 6.07) is 18.9. The van der Waals surface area contributed by atoms with Crippen LogP contribution in [0.2, 0.25) is 0 Å². The second-order valence-corrected chi connectivity index (χ2v) is 6.95. The van der Waals surface area contributed by atoms with Crippen molar-refractivity contribution in [1.29, 1.82) is 0 Å². The topological polar surface area (TPSA) is 65.2 Å². The number of pyridine rings is 1. The van der Waals surface area contributed by atoms with Crippen molar-refractivity contribution in [2.24, 2.45) is 0 Å². The highest BCUT2D eigenvalue weighted by Gasteiger charge is 2.34. The number of carbonyl (C=O) groups is 1. The lowest BCUT2D eigenvalue weighted by atomic mass is 10.0. The number of benzene rings is 2. The summed E-state index contributed by atoms with van der Waals surface area (Å²) in [4.78, 5) is 16.6. The number of Topliss-reactive ketones (excluding diaryl/α,β-unsaturated/α-hetero) is 1. The van der Waals surface area contributed by atoms with Crippen molar-refractivity contribution >= 4 is 5.78 Å². The molecule has 2 aromatic heterocycles. The van der Waals surface area contributed by atoms with Gasteiger partial charge < -0.3 is 9.26 Å². The van der Waals surface area contributed by atoms with E-state index < -0.39 is 11.7 Å². The molecule has 0 atom stereocenters. The van der Waals surface area contributed by atoms with Gasteiger partial charge in [-0.15, -0.1) is 0 Å². The van der Waals surface area contributed by atoms with E-state index in [4.69, 9.17) is 9.26 Å². The zero-order valence-electron chi connectivity index (χ0n) is 16.7. The van der Waals surface area contributed by atoms with E-state index in [9.17, 15) is 18.0 Å². The van der Waals surface area contributed by atoms with Crippen LogP contribution in [0.5, 0.6) is 11.6 Å². The van der Waals surface area contributed by atoms with Crippen LogP contribution in [-0.4, -0.2) is 15.9 Å². The summed E-state index contributed by atoms with van der Waals surface area (Å²) in [5, 5.41) is 3.75. The third-order valence-electron chi connectivity index (χ3n) is 4.69. The Balaban J connectivity index is 1.39. The lowest BCUT2D eigenvalue weighted by Gasteiger charge is -2.10. The first-order chi connectivity index (χ1) is 15.4. The summed E-state index contributed by atoms with van der Waals surface area (Å²) >= 11 is 0. The van der Waals surface area contributed by atoms with Crippen LogP contribution < -0.4 is 4.74 Å². The first-order valence-corrected chi connectivity index (χ1v) is 9.74. The number of nitrogens with zero attached hydrogens (tertiary/aromatic N) is 2. The highest BCUT2D eigenvalue weighted by atomic mass is 19.4. The SMILES string of the molecule is O=C(CCc1cc(-c2ccccc2C(F)(F)F)no1)c1ccc(Oc2ccccc2)nc1. The normalized spacial score (nSPS) is 11.3. The first kappa shape index (κ1) is 21.3. The Kier molecular flexibility index (Phi) is 6.02. The summed E-state index contributed by atoms with van der Waals surface area (Å²) in [5.74, 6) is 1.13. The predicted molar refractivity (Wildman–Crippen MR) is 110 cm³/mol. The maximum atomic E-state index is 13.2. The number of ether oxygens (including phenoxy) is 1. The van der Waals surface area contributed by atoms with Gasteiger partial charge in [0.15, 0.2) is 5.78 Å². The largest absolute Gasteiger partial charge is 0.439 e. The van der Waals surface area contributed by atoms with Gasteiger partial charge in [0.2, 0.25) is 5.88 Å². The Morgan fingerprint density at radius 3 is 2.44 bits per heavy atom. The van der Waals surface area contributed by atoms with E-state index in [1.54, 1.807) is 24.3 Å². The highest BCUT2D eigenvalue weighted by Crippen LogP contribution is 2.36. The fraction of sp³-hybridized carbons (Fsp3) is 0.125. The van der Waals surface area contributed by atoms with Crippen molar-refractivity contribution in [2.75, 3.05) is 0 Å².